The maximum atomic E-state index is 11.0. The van der Waals surface area contributed by atoms with Crippen LogP contribution in [0.25, 0.3) is 6.08 Å². The minimum absolute atomic E-state index is 0.532. The molecule has 3 aromatic rings. The number of aliphatic imine (C=N–C) groups is 1. The third-order valence-electron chi connectivity index (χ3n) is 4.21. The number of pyridine rings is 1. The molecule has 0 radical (unpaired) electrons. The first-order valence-corrected chi connectivity index (χ1v) is 9.62. The lowest BCUT2D eigenvalue weighted by Gasteiger charge is -2.22. The zero-order valence-corrected chi connectivity index (χ0v) is 16.1. The van der Waals surface area contributed by atoms with Crippen LogP contribution in [0, 0.1) is 0 Å². The van der Waals surface area contributed by atoms with E-state index < -0.39 is 6.23 Å². The van der Waals surface area contributed by atoms with Crippen LogP contribution in [0.4, 0.5) is 11.4 Å². The molecule has 2 heterocycles. The number of anilines is 1. The van der Waals surface area contributed by atoms with E-state index in [2.05, 4.69) is 4.98 Å². The topological polar surface area (TPSA) is 58.0 Å². The summed E-state index contributed by atoms with van der Waals surface area (Å²) in [6.45, 7) is 0. The number of ether oxygens (including phenoxy) is 1. The Morgan fingerprint density at radius 3 is 2.50 bits per heavy atom. The zero-order valence-electron chi connectivity index (χ0n) is 15.3. The Labute approximate surface area is 168 Å². The van der Waals surface area contributed by atoms with E-state index in [0.717, 1.165) is 27.0 Å². The van der Waals surface area contributed by atoms with Crippen molar-refractivity contribution in [1.29, 1.82) is 0 Å². The van der Waals surface area contributed by atoms with Crippen LogP contribution in [0.3, 0.4) is 0 Å². The fraction of sp³-hybridized carbons (Fsp3) is 0.0909. The highest BCUT2D eigenvalue weighted by molar-refractivity contribution is 8.18. The van der Waals surface area contributed by atoms with Crippen LogP contribution < -0.4 is 9.64 Å². The van der Waals surface area contributed by atoms with Gasteiger partial charge in [0.15, 0.2) is 11.4 Å². The molecule has 0 spiro atoms. The summed E-state index contributed by atoms with van der Waals surface area (Å²) in [5.41, 5.74) is 2.63. The van der Waals surface area contributed by atoms with Crippen LogP contribution in [0.1, 0.15) is 5.56 Å². The normalized spacial score (nSPS) is 19.4. The molecule has 1 aromatic heterocycles. The highest BCUT2D eigenvalue weighted by Gasteiger charge is 2.34. The Kier molecular flexibility index (Phi) is 5.41. The second-order valence-corrected chi connectivity index (χ2v) is 7.13. The minimum atomic E-state index is -0.825. The number of aromatic nitrogens is 1. The van der Waals surface area contributed by atoms with E-state index in [0.29, 0.717) is 5.88 Å². The predicted molar refractivity (Wildman–Crippen MR) is 115 cm³/mol. The first kappa shape index (κ1) is 18.3. The van der Waals surface area contributed by atoms with Crippen molar-refractivity contribution >= 4 is 34.4 Å². The Balaban J connectivity index is 1.74. The molecule has 0 amide bonds. The van der Waals surface area contributed by atoms with Crippen molar-refractivity contribution in [3.05, 3.63) is 89.5 Å². The molecule has 1 unspecified atom stereocenters. The molecule has 0 aliphatic carbocycles. The second-order valence-electron chi connectivity index (χ2n) is 6.09. The van der Waals surface area contributed by atoms with Crippen molar-refractivity contribution in [2.75, 3.05) is 12.0 Å². The van der Waals surface area contributed by atoms with E-state index in [4.69, 9.17) is 9.73 Å². The number of nitrogens with zero attached hydrogens (tertiary/aromatic N) is 3. The molecule has 1 aliphatic rings. The minimum Gasteiger partial charge on any atom is -0.481 e. The van der Waals surface area contributed by atoms with Gasteiger partial charge >= 0.3 is 0 Å². The predicted octanol–water partition coefficient (Wildman–Crippen LogP) is 4.69. The molecule has 2 aromatic carbocycles. The summed E-state index contributed by atoms with van der Waals surface area (Å²) < 4.78 is 5.19. The number of benzene rings is 2. The third-order valence-corrected chi connectivity index (χ3v) is 5.24. The Morgan fingerprint density at radius 2 is 1.79 bits per heavy atom. The molecule has 1 saturated heterocycles. The van der Waals surface area contributed by atoms with Crippen LogP contribution >= 0.6 is 11.8 Å². The fourth-order valence-electron chi connectivity index (χ4n) is 2.86. The molecular formula is C22H19N3O2S. The van der Waals surface area contributed by atoms with Crippen LogP contribution in [0.5, 0.6) is 5.88 Å². The number of methoxy groups -OCH3 is 1. The quantitative estimate of drug-likeness (QED) is 0.701. The van der Waals surface area contributed by atoms with Gasteiger partial charge in [0.2, 0.25) is 5.88 Å². The molecule has 1 aliphatic heterocycles. The van der Waals surface area contributed by atoms with E-state index >= 15 is 0 Å². The van der Waals surface area contributed by atoms with Crippen molar-refractivity contribution < 1.29 is 9.84 Å². The van der Waals surface area contributed by atoms with Gasteiger partial charge in [0, 0.05) is 22.9 Å². The van der Waals surface area contributed by atoms with Gasteiger partial charge in [-0.3, -0.25) is 4.90 Å². The number of amidine groups is 1. The molecule has 28 heavy (non-hydrogen) atoms. The summed E-state index contributed by atoms with van der Waals surface area (Å²) in [5.74, 6) is 0.532. The number of aliphatic hydroxyl groups excluding tert-OH is 1. The van der Waals surface area contributed by atoms with Crippen molar-refractivity contribution in [3.8, 4) is 5.88 Å². The molecule has 1 atom stereocenters. The van der Waals surface area contributed by atoms with Gasteiger partial charge in [-0.15, -0.1) is 0 Å². The number of hydrogen-bond donors (Lipinski definition) is 1. The van der Waals surface area contributed by atoms with Gasteiger partial charge in [-0.1, -0.05) is 48.2 Å². The van der Waals surface area contributed by atoms with Crippen LogP contribution in [-0.4, -0.2) is 28.6 Å². The lowest BCUT2D eigenvalue weighted by Crippen LogP contribution is -2.32. The second kappa shape index (κ2) is 8.29. The number of para-hydroxylation sites is 2. The Hall–Kier alpha value is -3.09. The summed E-state index contributed by atoms with van der Waals surface area (Å²) in [7, 11) is 1.58. The molecule has 1 fully saturated rings. The summed E-state index contributed by atoms with van der Waals surface area (Å²) in [6, 6.07) is 23.2. The Bertz CT molecular complexity index is 1010. The van der Waals surface area contributed by atoms with E-state index in [1.165, 1.54) is 11.8 Å². The highest BCUT2D eigenvalue weighted by Crippen LogP contribution is 2.39. The van der Waals surface area contributed by atoms with Crippen LogP contribution in [0.2, 0.25) is 0 Å². The summed E-state index contributed by atoms with van der Waals surface area (Å²) in [6.07, 6.45) is 2.79. The molecule has 6 heteroatoms. The fourth-order valence-corrected chi connectivity index (χ4v) is 3.93. The molecule has 140 valence electrons. The van der Waals surface area contributed by atoms with E-state index in [1.807, 2.05) is 83.8 Å². The maximum absolute atomic E-state index is 11.0. The zero-order chi connectivity index (χ0) is 19.3. The number of aliphatic hydroxyl groups is 1. The average Bonchev–Trinajstić information content (AvgIpc) is 3.04. The van der Waals surface area contributed by atoms with Gasteiger partial charge in [0.1, 0.15) is 0 Å². The molecule has 0 saturated carbocycles. The molecule has 1 N–H and O–H groups in total. The largest absolute Gasteiger partial charge is 0.481 e. The van der Waals surface area contributed by atoms with Crippen LogP contribution in [-0.2, 0) is 0 Å². The summed E-state index contributed by atoms with van der Waals surface area (Å²) >= 11 is 1.45. The lowest BCUT2D eigenvalue weighted by molar-refractivity contribution is 0.233. The van der Waals surface area contributed by atoms with Crippen molar-refractivity contribution in [2.45, 2.75) is 6.23 Å². The Morgan fingerprint density at radius 1 is 1.07 bits per heavy atom. The first-order chi connectivity index (χ1) is 13.7. The van der Waals surface area contributed by atoms with Gasteiger partial charge in [-0.05, 0) is 42.0 Å². The van der Waals surface area contributed by atoms with Crippen molar-refractivity contribution in [3.63, 3.8) is 0 Å². The monoisotopic (exact) mass is 389 g/mol. The van der Waals surface area contributed by atoms with Crippen molar-refractivity contribution in [2.24, 2.45) is 4.99 Å². The molecule has 0 bridgehead atoms. The standard InChI is InChI=1S/C22H19N3O2S/c1-27-20-15-16(12-13-23-20)14-19-21(26)25(18-10-6-3-7-11-18)22(28-19)24-17-8-4-2-5-9-17/h2-15,21,26H,1H3/b19-14-,24-22?. The van der Waals surface area contributed by atoms with Gasteiger partial charge in [0.05, 0.1) is 12.8 Å². The highest BCUT2D eigenvalue weighted by atomic mass is 32.2. The first-order valence-electron chi connectivity index (χ1n) is 8.80. The maximum Gasteiger partial charge on any atom is 0.213 e. The van der Waals surface area contributed by atoms with Gasteiger partial charge in [-0.2, -0.15) is 0 Å². The summed E-state index contributed by atoms with van der Waals surface area (Å²) in [4.78, 5) is 11.5. The lowest BCUT2D eigenvalue weighted by atomic mass is 10.2. The van der Waals surface area contributed by atoms with Gasteiger partial charge < -0.3 is 9.84 Å². The molecule has 5 nitrogen and oxygen atoms in total. The third kappa shape index (κ3) is 3.93. The smallest absolute Gasteiger partial charge is 0.213 e. The van der Waals surface area contributed by atoms with E-state index in [-0.39, 0.29) is 0 Å². The number of hydrogen-bond acceptors (Lipinski definition) is 5. The summed E-state index contributed by atoms with van der Waals surface area (Å²) in [5, 5.41) is 11.8. The van der Waals surface area contributed by atoms with Crippen molar-refractivity contribution in [1.82, 2.24) is 4.98 Å². The average molecular weight is 389 g/mol. The van der Waals surface area contributed by atoms with E-state index in [9.17, 15) is 5.11 Å². The van der Waals surface area contributed by atoms with Crippen LogP contribution in [0.15, 0.2) is 88.9 Å². The van der Waals surface area contributed by atoms with Gasteiger partial charge in [0.25, 0.3) is 0 Å². The number of rotatable bonds is 4. The SMILES string of the molecule is COc1cc(/C=C2\SC(=Nc3ccccc3)N(c3ccccc3)C2O)ccn1. The van der Waals surface area contributed by atoms with Gasteiger partial charge in [-0.25, -0.2) is 9.98 Å². The molecular weight excluding hydrogens is 370 g/mol. The van der Waals surface area contributed by atoms with E-state index in [1.54, 1.807) is 13.3 Å². The molecule has 4 rings (SSSR count). The number of thioether (sulfide) groups is 1.